The second kappa shape index (κ2) is 7.23. The van der Waals surface area contributed by atoms with Gasteiger partial charge in [0.25, 0.3) is 5.56 Å². The van der Waals surface area contributed by atoms with Gasteiger partial charge in [0.15, 0.2) is 0 Å². The number of pyridine rings is 2. The van der Waals surface area contributed by atoms with Crippen molar-refractivity contribution in [2.45, 2.75) is 25.7 Å². The van der Waals surface area contributed by atoms with Crippen molar-refractivity contribution in [3.05, 3.63) is 46.8 Å². The predicted molar refractivity (Wildman–Crippen MR) is 101 cm³/mol. The fourth-order valence-electron chi connectivity index (χ4n) is 3.58. The van der Waals surface area contributed by atoms with Gasteiger partial charge in [-0.05, 0) is 49.8 Å². The Bertz CT molecular complexity index is 929. The zero-order chi connectivity index (χ0) is 17.1. The lowest BCUT2D eigenvalue weighted by Gasteiger charge is -2.21. The predicted octanol–water partition coefficient (Wildman–Crippen LogP) is 3.70. The first kappa shape index (κ1) is 16.1. The molecule has 0 saturated carbocycles. The van der Waals surface area contributed by atoms with Crippen molar-refractivity contribution < 1.29 is 4.74 Å². The van der Waals surface area contributed by atoms with Gasteiger partial charge in [-0.15, -0.1) is 0 Å². The zero-order valence-corrected chi connectivity index (χ0v) is 14.3. The molecule has 3 aromatic rings. The third-order valence-corrected chi connectivity index (χ3v) is 5.01. The maximum Gasteiger partial charge on any atom is 0.256 e. The van der Waals surface area contributed by atoms with Crippen LogP contribution in [0.2, 0.25) is 0 Å². The molecular formula is C20H23N3O2. The minimum absolute atomic E-state index is 0.0675. The van der Waals surface area contributed by atoms with Crippen molar-refractivity contribution in [3.63, 3.8) is 0 Å². The highest BCUT2D eigenvalue weighted by Crippen LogP contribution is 2.22. The summed E-state index contributed by atoms with van der Waals surface area (Å²) < 4.78 is 5.41. The summed E-state index contributed by atoms with van der Waals surface area (Å²) in [5.41, 5.74) is 1.54. The number of aromatic amines is 1. The van der Waals surface area contributed by atoms with E-state index in [0.29, 0.717) is 5.39 Å². The van der Waals surface area contributed by atoms with Crippen molar-refractivity contribution in [3.8, 4) is 0 Å². The van der Waals surface area contributed by atoms with Crippen LogP contribution in [0.3, 0.4) is 0 Å². The number of aromatic nitrogens is 2. The molecule has 2 N–H and O–H groups in total. The molecule has 1 aromatic carbocycles. The van der Waals surface area contributed by atoms with E-state index in [1.54, 1.807) is 0 Å². The molecule has 130 valence electrons. The summed E-state index contributed by atoms with van der Waals surface area (Å²) in [6.07, 6.45) is 4.75. The van der Waals surface area contributed by atoms with Crippen molar-refractivity contribution in [1.29, 1.82) is 0 Å². The van der Waals surface area contributed by atoms with Crippen molar-refractivity contribution in [2.24, 2.45) is 5.92 Å². The summed E-state index contributed by atoms with van der Waals surface area (Å²) >= 11 is 0. The van der Waals surface area contributed by atoms with E-state index in [1.807, 2.05) is 36.4 Å². The minimum Gasteiger partial charge on any atom is -0.381 e. The van der Waals surface area contributed by atoms with E-state index in [1.165, 1.54) is 19.3 Å². The molecule has 0 amide bonds. The highest BCUT2D eigenvalue weighted by atomic mass is 16.5. The number of H-pyrrole nitrogens is 1. The Morgan fingerprint density at radius 2 is 1.92 bits per heavy atom. The molecule has 0 spiro atoms. The third kappa shape index (κ3) is 3.51. The molecule has 25 heavy (non-hydrogen) atoms. The maximum atomic E-state index is 12.1. The summed E-state index contributed by atoms with van der Waals surface area (Å²) in [5, 5.41) is 5.00. The topological polar surface area (TPSA) is 67.0 Å². The molecule has 5 nitrogen and oxygen atoms in total. The summed E-state index contributed by atoms with van der Waals surface area (Å²) in [7, 11) is 0. The molecule has 1 saturated heterocycles. The van der Waals surface area contributed by atoms with Gasteiger partial charge in [0.1, 0.15) is 5.82 Å². The van der Waals surface area contributed by atoms with Crippen molar-refractivity contribution >= 4 is 27.6 Å². The highest BCUT2D eigenvalue weighted by Gasteiger charge is 2.13. The van der Waals surface area contributed by atoms with E-state index >= 15 is 0 Å². The monoisotopic (exact) mass is 337 g/mol. The van der Waals surface area contributed by atoms with Gasteiger partial charge in [-0.25, -0.2) is 4.98 Å². The van der Waals surface area contributed by atoms with Gasteiger partial charge in [0.05, 0.1) is 11.0 Å². The lowest BCUT2D eigenvalue weighted by Crippen LogP contribution is -2.16. The van der Waals surface area contributed by atoms with Gasteiger partial charge in [-0.3, -0.25) is 4.79 Å². The average molecular weight is 337 g/mol. The third-order valence-electron chi connectivity index (χ3n) is 5.01. The number of rotatable bonds is 5. The second-order valence-electron chi connectivity index (χ2n) is 6.72. The van der Waals surface area contributed by atoms with Crippen molar-refractivity contribution in [1.82, 2.24) is 9.97 Å². The number of anilines is 1. The Labute approximate surface area is 146 Å². The first-order valence-corrected chi connectivity index (χ1v) is 9.05. The van der Waals surface area contributed by atoms with Gasteiger partial charge in [-0.1, -0.05) is 18.2 Å². The number of nitrogens with one attached hydrogen (secondary N) is 2. The quantitative estimate of drug-likeness (QED) is 0.550. The van der Waals surface area contributed by atoms with Gasteiger partial charge < -0.3 is 15.0 Å². The van der Waals surface area contributed by atoms with E-state index in [0.717, 1.165) is 54.3 Å². The Balaban J connectivity index is 1.48. The number of hydrogen-bond donors (Lipinski definition) is 2. The number of fused-ring (bicyclic) bond motifs is 3. The Hall–Kier alpha value is -2.40. The minimum atomic E-state index is -0.0675. The van der Waals surface area contributed by atoms with Crippen LogP contribution in [0.1, 0.15) is 25.7 Å². The van der Waals surface area contributed by atoms with E-state index < -0.39 is 0 Å². The van der Waals surface area contributed by atoms with E-state index in [2.05, 4.69) is 10.3 Å². The smallest absolute Gasteiger partial charge is 0.256 e. The largest absolute Gasteiger partial charge is 0.381 e. The van der Waals surface area contributed by atoms with Crippen LogP contribution in [0, 0.1) is 5.92 Å². The molecule has 1 aliphatic rings. The second-order valence-corrected chi connectivity index (χ2v) is 6.72. The molecule has 2 aromatic heterocycles. The highest BCUT2D eigenvalue weighted by molar-refractivity contribution is 6.03. The van der Waals surface area contributed by atoms with Crippen LogP contribution >= 0.6 is 0 Å². The number of benzene rings is 1. The van der Waals surface area contributed by atoms with Crippen LogP contribution in [-0.2, 0) is 4.74 Å². The van der Waals surface area contributed by atoms with Crippen LogP contribution in [0.5, 0.6) is 0 Å². The van der Waals surface area contributed by atoms with E-state index in [4.69, 9.17) is 9.72 Å². The van der Waals surface area contributed by atoms with Crippen LogP contribution in [0.4, 0.5) is 5.82 Å². The van der Waals surface area contributed by atoms with Crippen LogP contribution < -0.4 is 10.9 Å². The molecule has 3 heterocycles. The van der Waals surface area contributed by atoms with Crippen LogP contribution in [0.25, 0.3) is 21.8 Å². The van der Waals surface area contributed by atoms with Gasteiger partial charge in [-0.2, -0.15) is 0 Å². The molecule has 1 fully saturated rings. The maximum absolute atomic E-state index is 12.1. The number of nitrogens with zero attached hydrogens (tertiary/aromatic N) is 1. The normalized spacial score (nSPS) is 15.7. The van der Waals surface area contributed by atoms with E-state index in [9.17, 15) is 4.79 Å². The molecule has 0 unspecified atom stereocenters. The number of ether oxygens (including phenoxy) is 1. The zero-order valence-electron chi connectivity index (χ0n) is 14.3. The number of hydrogen-bond acceptors (Lipinski definition) is 4. The van der Waals surface area contributed by atoms with Gasteiger partial charge in [0, 0.05) is 30.5 Å². The first-order chi connectivity index (χ1) is 12.3. The van der Waals surface area contributed by atoms with Crippen LogP contribution in [-0.4, -0.2) is 29.7 Å². The molecule has 5 heteroatoms. The average Bonchev–Trinajstić information content (AvgIpc) is 2.67. The molecule has 1 aliphatic heterocycles. The molecule has 0 aliphatic carbocycles. The molecule has 0 radical (unpaired) electrons. The molecule has 0 atom stereocenters. The molecular weight excluding hydrogens is 314 g/mol. The van der Waals surface area contributed by atoms with Crippen LogP contribution in [0.15, 0.2) is 41.2 Å². The van der Waals surface area contributed by atoms with Crippen molar-refractivity contribution in [2.75, 3.05) is 25.1 Å². The lowest BCUT2D eigenvalue weighted by atomic mass is 9.95. The summed E-state index contributed by atoms with van der Waals surface area (Å²) in [6, 6.07) is 11.5. The summed E-state index contributed by atoms with van der Waals surface area (Å²) in [5.74, 6) is 1.66. The van der Waals surface area contributed by atoms with E-state index in [-0.39, 0.29) is 5.56 Å². The first-order valence-electron chi connectivity index (χ1n) is 9.05. The van der Waals surface area contributed by atoms with Gasteiger partial charge >= 0.3 is 0 Å². The Morgan fingerprint density at radius 3 is 2.76 bits per heavy atom. The molecule has 0 bridgehead atoms. The Kier molecular flexibility index (Phi) is 4.65. The SMILES string of the molecule is O=c1[nH]c2ccc(NCCCC3CCOCC3)nc2c2ccccc12. The summed E-state index contributed by atoms with van der Waals surface area (Å²) in [4.78, 5) is 19.8. The molecule has 4 rings (SSSR count). The Morgan fingerprint density at radius 1 is 1.12 bits per heavy atom. The fourth-order valence-corrected chi connectivity index (χ4v) is 3.58. The fraction of sp³-hybridized carbons (Fsp3) is 0.400. The lowest BCUT2D eigenvalue weighted by molar-refractivity contribution is 0.0636. The standard InChI is InChI=1S/C20H23N3O2/c24-20-16-6-2-1-5-15(16)19-17(22-20)7-8-18(23-19)21-11-3-4-14-9-12-25-13-10-14/h1-2,5-8,14H,3-4,9-13H2,(H,21,23)(H,22,24). The summed E-state index contributed by atoms with van der Waals surface area (Å²) in [6.45, 7) is 2.74. The van der Waals surface area contributed by atoms with Gasteiger partial charge in [0.2, 0.25) is 0 Å².